The van der Waals surface area contributed by atoms with Gasteiger partial charge in [0.25, 0.3) is 0 Å². The van der Waals surface area contributed by atoms with Crippen molar-refractivity contribution in [2.24, 2.45) is 0 Å². The first kappa shape index (κ1) is 42.9. The second kappa shape index (κ2) is 20.9. The first-order valence-corrected chi connectivity index (χ1v) is 23.2. The fourth-order valence-corrected chi connectivity index (χ4v) is 8.70. The molecule has 0 saturated heterocycles. The predicted octanol–water partition coefficient (Wildman–Crippen LogP) is 18.0. The van der Waals surface area contributed by atoms with E-state index in [9.17, 15) is 0 Å². The molecule has 10 rings (SSSR count). The van der Waals surface area contributed by atoms with Crippen LogP contribution in [0.15, 0.2) is 279 Å². The first-order chi connectivity index (χ1) is 33.7. The lowest BCUT2D eigenvalue weighted by Gasteiger charge is -2.25. The van der Waals surface area contributed by atoms with Crippen molar-refractivity contribution in [1.82, 2.24) is 0 Å². The Hall–Kier alpha value is -8.98. The molecule has 2 heteroatoms. The average molecular weight is 871 g/mol. The molecule has 0 radical (unpaired) electrons. The number of hydrogen-bond acceptors (Lipinski definition) is 2. The van der Waals surface area contributed by atoms with Crippen molar-refractivity contribution in [2.45, 2.75) is 0 Å². The van der Waals surface area contributed by atoms with Crippen molar-refractivity contribution in [3.05, 3.63) is 324 Å². The molecule has 0 aliphatic rings. The van der Waals surface area contributed by atoms with Crippen molar-refractivity contribution < 1.29 is 0 Å². The van der Waals surface area contributed by atoms with E-state index >= 15 is 0 Å². The second-order valence-corrected chi connectivity index (χ2v) is 16.6. The predicted molar refractivity (Wildman–Crippen MR) is 291 cm³/mol. The number of benzene rings is 10. The van der Waals surface area contributed by atoms with E-state index in [2.05, 4.69) is 313 Å². The maximum absolute atomic E-state index is 2.28. The lowest BCUT2D eigenvalue weighted by atomic mass is 9.85. The molecule has 10 aromatic rings. The van der Waals surface area contributed by atoms with E-state index in [-0.39, 0.29) is 0 Å². The van der Waals surface area contributed by atoms with E-state index in [0.29, 0.717) is 0 Å². The Morgan fingerprint density at radius 1 is 0.191 bits per heavy atom. The van der Waals surface area contributed by atoms with Crippen LogP contribution in [-0.4, -0.2) is 0 Å². The van der Waals surface area contributed by atoms with Crippen molar-refractivity contribution in [2.75, 3.05) is 9.80 Å². The summed E-state index contributed by atoms with van der Waals surface area (Å²) in [4.78, 5) is 4.57. The van der Waals surface area contributed by atoms with E-state index < -0.39 is 0 Å². The monoisotopic (exact) mass is 870 g/mol. The summed E-state index contributed by atoms with van der Waals surface area (Å²) in [5, 5.41) is 0. The summed E-state index contributed by atoms with van der Waals surface area (Å²) in [6.07, 6.45) is 8.77. The van der Waals surface area contributed by atoms with Gasteiger partial charge in [0.05, 0.1) is 0 Å². The van der Waals surface area contributed by atoms with Gasteiger partial charge in [-0.05, 0) is 128 Å². The smallest absolute Gasteiger partial charge is 0.0462 e. The Kier molecular flexibility index (Phi) is 13.2. The van der Waals surface area contributed by atoms with Crippen LogP contribution in [0.3, 0.4) is 0 Å². The van der Waals surface area contributed by atoms with Crippen LogP contribution in [0.5, 0.6) is 0 Å². The zero-order chi connectivity index (χ0) is 45.7. The fourth-order valence-electron chi connectivity index (χ4n) is 8.70. The standard InChI is InChI=1S/C66H50N2/c1-7-19-55(20-8-1)65(57-43-35-51(36-44-57)31-33-53-39-47-63(48-40-53)67(59-23-11-3-12-24-59)60-25-13-4-14-26-60)66(56-21-9-2-10-22-56)58-45-37-52(38-46-58)32-34-54-41-49-64(50-42-54)68(61-27-15-5-16-28-61)62-29-17-6-18-30-62/h1-50H/b33-31+,34-32+,66-65+. The number of rotatable bonds is 14. The molecule has 0 fully saturated rings. The number of nitrogens with zero attached hydrogens (tertiary/aromatic N) is 2. The minimum absolute atomic E-state index is 1.11. The van der Waals surface area contributed by atoms with Gasteiger partial charge < -0.3 is 9.80 Å². The van der Waals surface area contributed by atoms with Crippen molar-refractivity contribution in [1.29, 1.82) is 0 Å². The average Bonchev–Trinajstić information content (AvgIpc) is 3.42. The largest absolute Gasteiger partial charge is 0.311 e. The number of para-hydroxylation sites is 4. The molecule has 0 N–H and O–H groups in total. The van der Waals surface area contributed by atoms with Gasteiger partial charge in [-0.25, -0.2) is 0 Å². The Morgan fingerprint density at radius 2 is 0.382 bits per heavy atom. The van der Waals surface area contributed by atoms with Gasteiger partial charge >= 0.3 is 0 Å². The van der Waals surface area contributed by atoms with Gasteiger partial charge in [-0.1, -0.05) is 231 Å². The SMILES string of the molecule is C(=C\c1ccc(N(c2ccccc2)c2ccccc2)cc1)/c1ccc(/C(=C(\c2ccccc2)c2ccc(/C=C/c3ccc(N(c4ccccc4)c4ccccc4)cc3)cc2)c2ccccc2)cc1. The normalized spacial score (nSPS) is 11.6. The van der Waals surface area contributed by atoms with Crippen LogP contribution in [0.25, 0.3) is 35.5 Å². The van der Waals surface area contributed by atoms with Crippen LogP contribution in [0.4, 0.5) is 34.1 Å². The van der Waals surface area contributed by atoms with Crippen LogP contribution >= 0.6 is 0 Å². The highest BCUT2D eigenvalue weighted by molar-refractivity contribution is 6.04. The summed E-state index contributed by atoms with van der Waals surface area (Å²) in [6, 6.07) is 99.0. The lowest BCUT2D eigenvalue weighted by molar-refractivity contribution is 1.28. The molecule has 0 spiro atoms. The zero-order valence-electron chi connectivity index (χ0n) is 37.8. The molecule has 10 aromatic carbocycles. The van der Waals surface area contributed by atoms with E-state index in [0.717, 1.165) is 67.5 Å². The van der Waals surface area contributed by atoms with Crippen molar-refractivity contribution in [3.63, 3.8) is 0 Å². The van der Waals surface area contributed by atoms with Crippen LogP contribution < -0.4 is 9.80 Å². The van der Waals surface area contributed by atoms with Crippen LogP contribution in [0.2, 0.25) is 0 Å². The van der Waals surface area contributed by atoms with E-state index in [1.165, 1.54) is 22.3 Å². The molecule has 68 heavy (non-hydrogen) atoms. The van der Waals surface area contributed by atoms with Crippen LogP contribution in [0.1, 0.15) is 44.5 Å². The summed E-state index contributed by atoms with van der Waals surface area (Å²) in [6.45, 7) is 0. The quantitative estimate of drug-likeness (QED) is 0.100. The molecule has 2 nitrogen and oxygen atoms in total. The van der Waals surface area contributed by atoms with E-state index in [1.807, 2.05) is 0 Å². The van der Waals surface area contributed by atoms with Crippen LogP contribution in [0, 0.1) is 0 Å². The molecule has 0 atom stereocenters. The minimum Gasteiger partial charge on any atom is -0.311 e. The molecular weight excluding hydrogens is 821 g/mol. The summed E-state index contributed by atoms with van der Waals surface area (Å²) >= 11 is 0. The maximum Gasteiger partial charge on any atom is 0.0462 e. The molecule has 0 saturated carbocycles. The molecule has 0 aliphatic carbocycles. The Balaban J connectivity index is 0.916. The third kappa shape index (κ3) is 10.1. The highest BCUT2D eigenvalue weighted by atomic mass is 15.1. The molecule has 0 unspecified atom stereocenters. The van der Waals surface area contributed by atoms with Crippen molar-refractivity contribution in [3.8, 4) is 0 Å². The van der Waals surface area contributed by atoms with E-state index in [4.69, 9.17) is 0 Å². The number of anilines is 6. The maximum atomic E-state index is 2.28. The van der Waals surface area contributed by atoms with Gasteiger partial charge in [0, 0.05) is 34.1 Å². The molecule has 0 aromatic heterocycles. The molecule has 0 aliphatic heterocycles. The van der Waals surface area contributed by atoms with Gasteiger partial charge in [-0.3, -0.25) is 0 Å². The number of hydrogen-bond donors (Lipinski definition) is 0. The van der Waals surface area contributed by atoms with E-state index in [1.54, 1.807) is 0 Å². The highest BCUT2D eigenvalue weighted by Crippen LogP contribution is 2.39. The van der Waals surface area contributed by atoms with Crippen LogP contribution in [-0.2, 0) is 0 Å². The molecule has 0 heterocycles. The fraction of sp³-hybridized carbons (Fsp3) is 0. The van der Waals surface area contributed by atoms with Gasteiger partial charge in [0.2, 0.25) is 0 Å². The Labute approximate surface area is 401 Å². The van der Waals surface area contributed by atoms with Crippen molar-refractivity contribution >= 4 is 69.6 Å². The highest BCUT2D eigenvalue weighted by Gasteiger charge is 2.17. The van der Waals surface area contributed by atoms with Gasteiger partial charge in [0.1, 0.15) is 0 Å². The first-order valence-electron chi connectivity index (χ1n) is 23.2. The van der Waals surface area contributed by atoms with Gasteiger partial charge in [-0.15, -0.1) is 0 Å². The second-order valence-electron chi connectivity index (χ2n) is 16.6. The molecule has 0 amide bonds. The molecule has 0 bridgehead atoms. The molecule has 324 valence electrons. The van der Waals surface area contributed by atoms with Gasteiger partial charge in [0.15, 0.2) is 0 Å². The lowest BCUT2D eigenvalue weighted by Crippen LogP contribution is -2.09. The zero-order valence-corrected chi connectivity index (χ0v) is 37.8. The topological polar surface area (TPSA) is 6.48 Å². The summed E-state index contributed by atoms with van der Waals surface area (Å²) in [7, 11) is 0. The summed E-state index contributed by atoms with van der Waals surface area (Å²) < 4.78 is 0. The summed E-state index contributed by atoms with van der Waals surface area (Å²) in [5.41, 5.74) is 18.3. The van der Waals surface area contributed by atoms with Gasteiger partial charge in [-0.2, -0.15) is 0 Å². The third-order valence-electron chi connectivity index (χ3n) is 12.1. The third-order valence-corrected chi connectivity index (χ3v) is 12.1. The summed E-state index contributed by atoms with van der Waals surface area (Å²) in [5.74, 6) is 0. The Morgan fingerprint density at radius 3 is 0.632 bits per heavy atom. The Bertz CT molecular complexity index is 2930. The molecular formula is C66H50N2. The minimum atomic E-state index is 1.11.